The average Bonchev–Trinajstić information content (AvgIpc) is 3.14. The van der Waals surface area contributed by atoms with E-state index in [-0.39, 0.29) is 18.6 Å². The van der Waals surface area contributed by atoms with E-state index in [1.807, 2.05) is 86.0 Å². The molecule has 4 rings (SSSR count). The van der Waals surface area contributed by atoms with Crippen LogP contribution in [-0.2, 0) is 11.3 Å². The molecule has 1 amide bonds. The zero-order valence-corrected chi connectivity index (χ0v) is 19.4. The predicted molar refractivity (Wildman–Crippen MR) is 130 cm³/mol. The number of benzene rings is 3. The van der Waals surface area contributed by atoms with Crippen molar-refractivity contribution in [3.05, 3.63) is 89.7 Å². The van der Waals surface area contributed by atoms with E-state index in [9.17, 15) is 14.7 Å². The number of fused-ring (bicyclic) bond motifs is 1. The Kier molecular flexibility index (Phi) is 6.63. The number of carbonyl (C=O) groups is 2. The van der Waals surface area contributed by atoms with Crippen molar-refractivity contribution in [1.82, 2.24) is 14.5 Å². The van der Waals surface area contributed by atoms with Crippen molar-refractivity contribution < 1.29 is 19.4 Å². The summed E-state index contributed by atoms with van der Waals surface area (Å²) < 4.78 is 7.68. The van der Waals surface area contributed by atoms with E-state index in [1.165, 1.54) is 4.90 Å². The fourth-order valence-corrected chi connectivity index (χ4v) is 3.95. The van der Waals surface area contributed by atoms with Crippen LogP contribution in [-0.4, -0.2) is 44.1 Å². The third-order valence-electron chi connectivity index (χ3n) is 5.37. The lowest BCUT2D eigenvalue weighted by Gasteiger charge is -2.21. The normalized spacial score (nSPS) is 11.1. The summed E-state index contributed by atoms with van der Waals surface area (Å²) >= 11 is 0. The van der Waals surface area contributed by atoms with E-state index >= 15 is 0 Å². The third kappa shape index (κ3) is 5.09. The Morgan fingerprint density at radius 2 is 1.74 bits per heavy atom. The highest BCUT2D eigenvalue weighted by Crippen LogP contribution is 2.23. The van der Waals surface area contributed by atoms with Crippen LogP contribution in [0.3, 0.4) is 0 Å². The van der Waals surface area contributed by atoms with E-state index in [4.69, 9.17) is 4.74 Å². The van der Waals surface area contributed by atoms with Gasteiger partial charge in [-0.2, -0.15) is 0 Å². The Morgan fingerprint density at radius 3 is 2.38 bits per heavy atom. The van der Waals surface area contributed by atoms with Gasteiger partial charge in [0.2, 0.25) is 0 Å². The first-order chi connectivity index (χ1) is 16.3. The number of nitrogens with zero attached hydrogens (tertiary/aromatic N) is 3. The minimum absolute atomic E-state index is 0.0554. The lowest BCUT2D eigenvalue weighted by molar-refractivity contribution is -0.137. The molecule has 0 aliphatic rings. The second-order valence-electron chi connectivity index (χ2n) is 8.40. The van der Waals surface area contributed by atoms with Crippen LogP contribution in [0.2, 0.25) is 0 Å². The first-order valence-electron chi connectivity index (χ1n) is 11.1. The smallest absolute Gasteiger partial charge is 0.323 e. The van der Waals surface area contributed by atoms with Gasteiger partial charge >= 0.3 is 5.97 Å². The van der Waals surface area contributed by atoms with Crippen molar-refractivity contribution in [3.8, 4) is 11.4 Å². The minimum Gasteiger partial charge on any atom is -0.491 e. The van der Waals surface area contributed by atoms with Crippen LogP contribution in [0, 0.1) is 6.92 Å². The molecule has 0 bridgehead atoms. The maximum absolute atomic E-state index is 13.3. The quantitative estimate of drug-likeness (QED) is 0.409. The summed E-state index contributed by atoms with van der Waals surface area (Å²) in [6.07, 6.45) is 0.0554. The summed E-state index contributed by atoms with van der Waals surface area (Å²) in [5, 5.41) is 9.41. The zero-order chi connectivity index (χ0) is 24.2. The molecule has 0 radical (unpaired) electrons. The van der Waals surface area contributed by atoms with Crippen LogP contribution in [0.1, 0.15) is 35.6 Å². The number of ether oxygens (including phenoxy) is 1. The number of aromatic nitrogens is 2. The molecular weight excluding hydrogens is 430 g/mol. The largest absolute Gasteiger partial charge is 0.491 e. The van der Waals surface area contributed by atoms with Gasteiger partial charge in [0, 0.05) is 17.8 Å². The lowest BCUT2D eigenvalue weighted by Crippen LogP contribution is -2.35. The number of carboxylic acids is 1. The first kappa shape index (κ1) is 23.0. The summed E-state index contributed by atoms with van der Waals surface area (Å²) in [6, 6.07) is 22.5. The SMILES string of the molecule is Cc1nc2cc(C(=O)N(CC(=O)O)Cc3ccc(OC(C)C)cc3)ccc2n1-c1ccccc1. The van der Waals surface area contributed by atoms with Gasteiger partial charge in [0.05, 0.1) is 17.1 Å². The number of carboxylic acid groups (broad SMARTS) is 1. The van der Waals surface area contributed by atoms with Gasteiger partial charge in [0.25, 0.3) is 5.91 Å². The molecule has 4 aromatic rings. The van der Waals surface area contributed by atoms with Gasteiger partial charge < -0.3 is 14.7 Å². The summed E-state index contributed by atoms with van der Waals surface area (Å²) in [5.41, 5.74) is 3.75. The number of imidazole rings is 1. The Balaban J connectivity index is 1.61. The topological polar surface area (TPSA) is 84.7 Å². The average molecular weight is 458 g/mol. The molecule has 1 heterocycles. The standard InChI is InChI=1S/C27H27N3O4/c1-18(2)34-23-12-9-20(10-13-23)16-29(17-26(31)32)27(33)21-11-14-25-24(15-21)28-19(3)30(25)22-7-5-4-6-8-22/h4-15,18H,16-17H2,1-3H3,(H,31,32). The Morgan fingerprint density at radius 1 is 1.03 bits per heavy atom. The van der Waals surface area contributed by atoms with Crippen molar-refractivity contribution in [2.24, 2.45) is 0 Å². The molecule has 7 nitrogen and oxygen atoms in total. The van der Waals surface area contributed by atoms with Gasteiger partial charge in [-0.25, -0.2) is 4.98 Å². The molecule has 174 valence electrons. The van der Waals surface area contributed by atoms with Crippen LogP contribution in [0.15, 0.2) is 72.8 Å². The van der Waals surface area contributed by atoms with E-state index in [0.29, 0.717) is 11.1 Å². The number of rotatable bonds is 8. The lowest BCUT2D eigenvalue weighted by atomic mass is 10.1. The number of para-hydroxylation sites is 1. The molecule has 0 unspecified atom stereocenters. The van der Waals surface area contributed by atoms with Crippen molar-refractivity contribution in [2.45, 2.75) is 33.4 Å². The highest BCUT2D eigenvalue weighted by atomic mass is 16.5. The maximum Gasteiger partial charge on any atom is 0.323 e. The fourth-order valence-electron chi connectivity index (χ4n) is 3.95. The third-order valence-corrected chi connectivity index (χ3v) is 5.37. The van der Waals surface area contributed by atoms with Crippen molar-refractivity contribution >= 4 is 22.9 Å². The van der Waals surface area contributed by atoms with Crippen molar-refractivity contribution in [1.29, 1.82) is 0 Å². The Hall–Kier alpha value is -4.13. The number of hydrogen-bond acceptors (Lipinski definition) is 4. The molecule has 0 aliphatic carbocycles. The first-order valence-corrected chi connectivity index (χ1v) is 11.1. The number of hydrogen-bond donors (Lipinski definition) is 1. The fraction of sp³-hybridized carbons (Fsp3) is 0.222. The molecule has 1 N–H and O–H groups in total. The van der Waals surface area contributed by atoms with E-state index in [1.54, 1.807) is 12.1 Å². The molecule has 0 atom stereocenters. The predicted octanol–water partition coefficient (Wildman–Crippen LogP) is 4.85. The highest BCUT2D eigenvalue weighted by Gasteiger charge is 2.21. The molecule has 0 saturated carbocycles. The number of carbonyl (C=O) groups excluding carboxylic acids is 1. The molecule has 3 aromatic carbocycles. The molecule has 0 spiro atoms. The maximum atomic E-state index is 13.3. The molecule has 0 fully saturated rings. The summed E-state index contributed by atoms with van der Waals surface area (Å²) in [5.74, 6) is 0.0960. The highest BCUT2D eigenvalue weighted by molar-refractivity contribution is 5.98. The molecular formula is C27H27N3O4. The molecule has 34 heavy (non-hydrogen) atoms. The van der Waals surface area contributed by atoms with E-state index in [2.05, 4.69) is 4.98 Å². The van der Waals surface area contributed by atoms with Gasteiger partial charge in [-0.3, -0.25) is 14.2 Å². The second kappa shape index (κ2) is 9.79. The van der Waals surface area contributed by atoms with Gasteiger partial charge in [-0.1, -0.05) is 30.3 Å². The van der Waals surface area contributed by atoms with Crippen LogP contribution >= 0.6 is 0 Å². The van der Waals surface area contributed by atoms with Crippen molar-refractivity contribution in [3.63, 3.8) is 0 Å². The Bertz CT molecular complexity index is 1310. The van der Waals surface area contributed by atoms with Crippen molar-refractivity contribution in [2.75, 3.05) is 6.54 Å². The summed E-state index contributed by atoms with van der Waals surface area (Å²) in [6.45, 7) is 5.57. The Labute approximate surface area is 198 Å². The molecule has 1 aromatic heterocycles. The molecule has 0 aliphatic heterocycles. The van der Waals surface area contributed by atoms with Gasteiger partial charge in [-0.05, 0) is 68.8 Å². The second-order valence-corrected chi connectivity index (χ2v) is 8.40. The van der Waals surface area contributed by atoms with Gasteiger partial charge in [0.1, 0.15) is 18.1 Å². The van der Waals surface area contributed by atoms with Crippen LogP contribution < -0.4 is 4.74 Å². The zero-order valence-electron chi connectivity index (χ0n) is 19.4. The summed E-state index contributed by atoms with van der Waals surface area (Å²) in [4.78, 5) is 30.8. The van der Waals surface area contributed by atoms with Crippen LogP contribution in [0.5, 0.6) is 5.75 Å². The van der Waals surface area contributed by atoms with Crippen LogP contribution in [0.4, 0.5) is 0 Å². The minimum atomic E-state index is -1.07. The number of aryl methyl sites for hydroxylation is 1. The number of aliphatic carboxylic acids is 1. The van der Waals surface area contributed by atoms with E-state index in [0.717, 1.165) is 28.3 Å². The van der Waals surface area contributed by atoms with Gasteiger partial charge in [-0.15, -0.1) is 0 Å². The number of amides is 1. The van der Waals surface area contributed by atoms with E-state index < -0.39 is 12.5 Å². The summed E-state index contributed by atoms with van der Waals surface area (Å²) in [7, 11) is 0. The monoisotopic (exact) mass is 457 g/mol. The van der Waals surface area contributed by atoms with Crippen LogP contribution in [0.25, 0.3) is 16.7 Å². The molecule has 7 heteroatoms. The molecule has 0 saturated heterocycles. The van der Waals surface area contributed by atoms with Gasteiger partial charge in [0.15, 0.2) is 0 Å².